The van der Waals surface area contributed by atoms with Crippen molar-refractivity contribution in [2.45, 2.75) is 0 Å². The first-order chi connectivity index (χ1) is 14.4. The van der Waals surface area contributed by atoms with Gasteiger partial charge >= 0.3 is 0 Å². The Bertz CT molecular complexity index is 1100. The SMILES string of the molecule is O=C(CN1CCN(C(=O)c2sc3cc(Cl)ccc3c2Cl)CC1)Nc1ccc(Br)cc1. The number of nitrogens with one attached hydrogen (secondary N) is 1. The van der Waals surface area contributed by atoms with Gasteiger partial charge in [-0.3, -0.25) is 14.5 Å². The monoisotopic (exact) mass is 525 g/mol. The number of carbonyl (C=O) groups excluding carboxylic acids is 2. The van der Waals surface area contributed by atoms with Crippen molar-refractivity contribution >= 4 is 78.1 Å². The van der Waals surface area contributed by atoms with Crippen molar-refractivity contribution in [2.24, 2.45) is 0 Å². The summed E-state index contributed by atoms with van der Waals surface area (Å²) in [5.41, 5.74) is 0.761. The first-order valence-electron chi connectivity index (χ1n) is 9.35. The number of carbonyl (C=O) groups is 2. The van der Waals surface area contributed by atoms with Gasteiger partial charge in [0, 0.05) is 51.4 Å². The maximum atomic E-state index is 13.0. The van der Waals surface area contributed by atoms with Crippen LogP contribution in [0.5, 0.6) is 0 Å². The minimum absolute atomic E-state index is 0.0680. The quantitative estimate of drug-likeness (QED) is 0.497. The lowest BCUT2D eigenvalue weighted by Gasteiger charge is -2.34. The van der Waals surface area contributed by atoms with Crippen molar-refractivity contribution in [2.75, 3.05) is 38.0 Å². The molecule has 5 nitrogen and oxygen atoms in total. The molecule has 0 atom stereocenters. The van der Waals surface area contributed by atoms with E-state index in [1.165, 1.54) is 11.3 Å². The molecule has 1 fully saturated rings. The van der Waals surface area contributed by atoms with Crippen molar-refractivity contribution in [3.05, 3.63) is 61.9 Å². The number of fused-ring (bicyclic) bond motifs is 1. The summed E-state index contributed by atoms with van der Waals surface area (Å²) in [7, 11) is 0. The van der Waals surface area contributed by atoms with Gasteiger partial charge in [0.2, 0.25) is 5.91 Å². The Morgan fingerprint density at radius 2 is 1.73 bits per heavy atom. The number of nitrogens with zero attached hydrogens (tertiary/aromatic N) is 2. The van der Waals surface area contributed by atoms with Gasteiger partial charge < -0.3 is 10.2 Å². The van der Waals surface area contributed by atoms with Crippen LogP contribution in [0.25, 0.3) is 10.1 Å². The predicted molar refractivity (Wildman–Crippen MR) is 127 cm³/mol. The van der Waals surface area contributed by atoms with Crippen molar-refractivity contribution in [3.63, 3.8) is 0 Å². The molecule has 0 unspecified atom stereocenters. The average molecular weight is 527 g/mol. The van der Waals surface area contributed by atoms with Gasteiger partial charge in [0.1, 0.15) is 4.88 Å². The van der Waals surface area contributed by atoms with E-state index in [0.717, 1.165) is 20.2 Å². The maximum absolute atomic E-state index is 13.0. The molecule has 3 aromatic rings. The fourth-order valence-corrected chi connectivity index (χ4v) is 5.39. The highest BCUT2D eigenvalue weighted by molar-refractivity contribution is 9.10. The van der Waals surface area contributed by atoms with Gasteiger partial charge in [0.25, 0.3) is 5.91 Å². The Morgan fingerprint density at radius 1 is 1.03 bits per heavy atom. The summed E-state index contributed by atoms with van der Waals surface area (Å²) >= 11 is 17.3. The fourth-order valence-electron chi connectivity index (χ4n) is 3.37. The second kappa shape index (κ2) is 9.24. The molecule has 30 heavy (non-hydrogen) atoms. The molecule has 2 heterocycles. The minimum atomic E-state index is -0.0729. The third kappa shape index (κ3) is 4.81. The number of thiophene rings is 1. The lowest BCUT2D eigenvalue weighted by Crippen LogP contribution is -2.50. The standard InChI is InChI=1S/C21H18BrCl2N3O2S/c22-13-1-4-15(5-2-13)25-18(28)12-26-7-9-27(10-8-26)21(29)20-19(24)16-6-3-14(23)11-17(16)30-20/h1-6,11H,7-10,12H2,(H,25,28). The number of amides is 2. The van der Waals surface area contributed by atoms with Crippen LogP contribution in [0.15, 0.2) is 46.9 Å². The minimum Gasteiger partial charge on any atom is -0.335 e. The van der Waals surface area contributed by atoms with Crippen LogP contribution < -0.4 is 5.32 Å². The highest BCUT2D eigenvalue weighted by Crippen LogP contribution is 2.37. The molecule has 0 spiro atoms. The van der Waals surface area contributed by atoms with Gasteiger partial charge in [-0.1, -0.05) is 45.2 Å². The number of rotatable bonds is 4. The second-order valence-electron chi connectivity index (χ2n) is 7.01. The van der Waals surface area contributed by atoms with Gasteiger partial charge in [-0.2, -0.15) is 0 Å². The summed E-state index contributed by atoms with van der Waals surface area (Å²) in [6.07, 6.45) is 0. The number of anilines is 1. The molecular formula is C21H18BrCl2N3O2S. The van der Waals surface area contributed by atoms with E-state index < -0.39 is 0 Å². The molecule has 0 saturated carbocycles. The van der Waals surface area contributed by atoms with Crippen molar-refractivity contribution in [3.8, 4) is 0 Å². The van der Waals surface area contributed by atoms with Gasteiger partial charge in [-0.25, -0.2) is 0 Å². The van der Waals surface area contributed by atoms with Crippen LogP contribution in [0.1, 0.15) is 9.67 Å². The zero-order chi connectivity index (χ0) is 21.3. The van der Waals surface area contributed by atoms with Crippen LogP contribution in [-0.4, -0.2) is 54.3 Å². The Balaban J connectivity index is 1.34. The summed E-state index contributed by atoms with van der Waals surface area (Å²) < 4.78 is 1.86. The summed E-state index contributed by atoms with van der Waals surface area (Å²) in [4.78, 5) is 29.7. The normalized spacial score (nSPS) is 14.8. The van der Waals surface area contributed by atoms with Gasteiger partial charge in [0.05, 0.1) is 11.6 Å². The Labute approximate surface area is 196 Å². The third-order valence-electron chi connectivity index (χ3n) is 4.94. The lowest BCUT2D eigenvalue weighted by atomic mass is 10.2. The molecule has 1 aliphatic heterocycles. The molecule has 2 amide bonds. The van der Waals surface area contributed by atoms with Crippen LogP contribution in [0, 0.1) is 0 Å². The zero-order valence-electron chi connectivity index (χ0n) is 15.8. The van der Waals surface area contributed by atoms with Crippen LogP contribution in [0.3, 0.4) is 0 Å². The topological polar surface area (TPSA) is 52.7 Å². The molecular weight excluding hydrogens is 509 g/mol. The molecule has 1 aliphatic rings. The first-order valence-corrected chi connectivity index (χ1v) is 11.7. The molecule has 1 saturated heterocycles. The Morgan fingerprint density at radius 3 is 2.43 bits per heavy atom. The highest BCUT2D eigenvalue weighted by atomic mass is 79.9. The molecule has 1 aromatic heterocycles. The molecule has 9 heteroatoms. The van der Waals surface area contributed by atoms with E-state index in [4.69, 9.17) is 23.2 Å². The number of benzene rings is 2. The number of hydrogen-bond acceptors (Lipinski definition) is 4. The van der Waals surface area contributed by atoms with Crippen molar-refractivity contribution in [1.29, 1.82) is 0 Å². The van der Waals surface area contributed by atoms with E-state index >= 15 is 0 Å². The van der Waals surface area contributed by atoms with Crippen LogP contribution in [0.4, 0.5) is 5.69 Å². The molecule has 0 aliphatic carbocycles. The maximum Gasteiger partial charge on any atom is 0.265 e. The molecule has 2 aromatic carbocycles. The van der Waals surface area contributed by atoms with E-state index in [-0.39, 0.29) is 11.8 Å². The average Bonchev–Trinajstić information content (AvgIpc) is 3.05. The number of halogens is 3. The van der Waals surface area contributed by atoms with Crippen LogP contribution in [0.2, 0.25) is 10.0 Å². The van der Waals surface area contributed by atoms with Crippen LogP contribution >= 0.6 is 50.5 Å². The fraction of sp³-hybridized carbons (Fsp3) is 0.238. The summed E-state index contributed by atoms with van der Waals surface area (Å²) in [6.45, 7) is 2.66. The number of piperazine rings is 1. The smallest absolute Gasteiger partial charge is 0.265 e. The van der Waals surface area contributed by atoms with E-state index in [9.17, 15) is 9.59 Å². The largest absolute Gasteiger partial charge is 0.335 e. The second-order valence-corrected chi connectivity index (χ2v) is 9.79. The van der Waals surface area contributed by atoms with E-state index in [0.29, 0.717) is 47.6 Å². The first kappa shape index (κ1) is 21.6. The van der Waals surface area contributed by atoms with E-state index in [1.807, 2.05) is 41.3 Å². The summed E-state index contributed by atoms with van der Waals surface area (Å²) in [5.74, 6) is -0.141. The molecule has 1 N–H and O–H groups in total. The number of hydrogen-bond donors (Lipinski definition) is 1. The molecule has 0 radical (unpaired) electrons. The highest BCUT2D eigenvalue weighted by Gasteiger charge is 2.26. The van der Waals surface area contributed by atoms with Crippen LogP contribution in [-0.2, 0) is 4.79 Å². The van der Waals surface area contributed by atoms with Gasteiger partial charge in [-0.15, -0.1) is 11.3 Å². The van der Waals surface area contributed by atoms with Gasteiger partial charge in [-0.05, 0) is 36.4 Å². The predicted octanol–water partition coefficient (Wildman–Crippen LogP) is 5.37. The van der Waals surface area contributed by atoms with E-state index in [1.54, 1.807) is 11.0 Å². The Hall–Kier alpha value is -1.64. The lowest BCUT2D eigenvalue weighted by molar-refractivity contribution is -0.117. The summed E-state index contributed by atoms with van der Waals surface area (Å²) in [5, 5.41) is 4.84. The molecule has 156 valence electrons. The molecule has 4 rings (SSSR count). The zero-order valence-corrected chi connectivity index (χ0v) is 19.7. The third-order valence-corrected chi connectivity index (χ3v) is 7.35. The van der Waals surface area contributed by atoms with E-state index in [2.05, 4.69) is 21.2 Å². The summed E-state index contributed by atoms with van der Waals surface area (Å²) in [6, 6.07) is 12.9. The van der Waals surface area contributed by atoms with Gasteiger partial charge in [0.15, 0.2) is 0 Å². The van der Waals surface area contributed by atoms with Crippen molar-refractivity contribution < 1.29 is 9.59 Å². The van der Waals surface area contributed by atoms with Crippen molar-refractivity contribution in [1.82, 2.24) is 9.80 Å². The Kier molecular flexibility index (Phi) is 6.65. The molecule has 0 bridgehead atoms.